The summed E-state index contributed by atoms with van der Waals surface area (Å²) in [6, 6.07) is 13.5. The molecule has 0 spiro atoms. The fourth-order valence-corrected chi connectivity index (χ4v) is 7.92. The normalized spacial score (nSPS) is 19.1. The Hall–Kier alpha value is -4.62. The topological polar surface area (TPSA) is 140 Å². The maximum absolute atomic E-state index is 14.6. The zero-order valence-electron chi connectivity index (χ0n) is 30.4. The Labute approximate surface area is 300 Å². The molecule has 2 aliphatic heterocycles. The lowest BCUT2D eigenvalue weighted by molar-refractivity contribution is 0.0509. The number of carbonyl (C=O) groups is 1. The van der Waals surface area contributed by atoms with E-state index in [9.17, 15) is 13.2 Å². The van der Waals surface area contributed by atoms with Gasteiger partial charge in [-0.3, -0.25) is 9.78 Å². The minimum Gasteiger partial charge on any atom is -0.475 e. The predicted octanol–water partition coefficient (Wildman–Crippen LogP) is 6.19. The Morgan fingerprint density at radius 3 is 2.43 bits per heavy atom. The van der Waals surface area contributed by atoms with Crippen LogP contribution in [-0.4, -0.2) is 77.1 Å². The fraction of sp³-hybridized carbons (Fsp3) is 0.447. The molecule has 51 heavy (non-hydrogen) atoms. The van der Waals surface area contributed by atoms with Crippen molar-refractivity contribution in [3.63, 3.8) is 0 Å². The third-order valence-corrected chi connectivity index (χ3v) is 10.5. The standard InChI is InChI=1S/C38H47N7O5S/c1-24(2)45(29-14-15-49-22-29)33-20-39-19-28(40-33)21-44-30(18-38(5,6)7)23-50-34-17-32(35-25(3)10-8-11-26(35)4)41-37(42-34)43-51(47,48)31-13-9-12-27(16-31)36(44)46/h8-13,16-17,19-20,24,29-30H,14-15,18,21-23H2,1-7H3,(H,41,42,43)/t29?,30-/m1/s1. The van der Waals surface area contributed by atoms with Gasteiger partial charge in [0.25, 0.3) is 15.9 Å². The summed E-state index contributed by atoms with van der Waals surface area (Å²) in [5.41, 5.74) is 3.93. The van der Waals surface area contributed by atoms with Crippen LogP contribution in [0.25, 0.3) is 11.3 Å². The number of hydrogen-bond donors (Lipinski definition) is 1. The minimum absolute atomic E-state index is 0.0861. The van der Waals surface area contributed by atoms with Gasteiger partial charge >= 0.3 is 0 Å². The first kappa shape index (κ1) is 36.2. The van der Waals surface area contributed by atoms with Crippen molar-refractivity contribution in [2.75, 3.05) is 29.4 Å². The molecule has 1 unspecified atom stereocenters. The third-order valence-electron chi connectivity index (χ3n) is 9.15. The number of benzene rings is 2. The molecule has 4 bridgehead atoms. The lowest BCUT2D eigenvalue weighted by atomic mass is 9.87. The summed E-state index contributed by atoms with van der Waals surface area (Å²) in [6.45, 7) is 16.0. The van der Waals surface area contributed by atoms with E-state index in [0.29, 0.717) is 36.8 Å². The zero-order valence-corrected chi connectivity index (χ0v) is 31.2. The van der Waals surface area contributed by atoms with Crippen LogP contribution in [-0.2, 0) is 21.3 Å². The Morgan fingerprint density at radius 2 is 1.75 bits per heavy atom. The molecule has 1 amide bonds. The quantitative estimate of drug-likeness (QED) is 0.236. The highest BCUT2D eigenvalue weighted by molar-refractivity contribution is 7.92. The summed E-state index contributed by atoms with van der Waals surface area (Å²) in [5, 5.41) is 0. The molecule has 2 atom stereocenters. The maximum atomic E-state index is 14.6. The summed E-state index contributed by atoms with van der Waals surface area (Å²) in [5.74, 6) is 0.424. The van der Waals surface area contributed by atoms with Crippen molar-refractivity contribution in [3.8, 4) is 17.1 Å². The van der Waals surface area contributed by atoms with Crippen LogP contribution in [0.1, 0.15) is 74.6 Å². The third kappa shape index (κ3) is 8.31. The van der Waals surface area contributed by atoms with Crippen molar-refractivity contribution < 1.29 is 22.7 Å². The molecule has 4 aromatic rings. The van der Waals surface area contributed by atoms with Crippen molar-refractivity contribution in [2.45, 2.75) is 90.9 Å². The van der Waals surface area contributed by atoms with E-state index in [2.05, 4.69) is 59.2 Å². The minimum atomic E-state index is -4.19. The van der Waals surface area contributed by atoms with E-state index in [-0.39, 0.29) is 58.8 Å². The zero-order chi connectivity index (χ0) is 36.5. The summed E-state index contributed by atoms with van der Waals surface area (Å²) >= 11 is 0. The average Bonchev–Trinajstić information content (AvgIpc) is 3.59. The second-order valence-corrected chi connectivity index (χ2v) is 16.5. The molecule has 2 aromatic carbocycles. The molecule has 13 heteroatoms. The number of anilines is 2. The largest absolute Gasteiger partial charge is 0.475 e. The van der Waals surface area contributed by atoms with Gasteiger partial charge in [0.05, 0.1) is 53.9 Å². The number of aromatic nitrogens is 4. The fourth-order valence-electron chi connectivity index (χ4n) is 6.93. The lowest BCUT2D eigenvalue weighted by Crippen LogP contribution is -2.45. The van der Waals surface area contributed by atoms with Crippen LogP contribution in [0.2, 0.25) is 0 Å². The number of fused-ring (bicyclic) bond motifs is 4. The van der Waals surface area contributed by atoms with Gasteiger partial charge in [-0.25, -0.2) is 23.1 Å². The lowest BCUT2D eigenvalue weighted by Gasteiger charge is -2.36. The van der Waals surface area contributed by atoms with Crippen molar-refractivity contribution >= 4 is 27.7 Å². The van der Waals surface area contributed by atoms with Crippen LogP contribution in [0.3, 0.4) is 0 Å². The first-order valence-corrected chi connectivity index (χ1v) is 18.9. The SMILES string of the molecule is Cc1cccc(C)c1-c1cc2nc(n1)NS(=O)(=O)c1cccc(c1)C(=O)N(Cc1cncc(N(C(C)C)C3CCOC3)n1)[C@H](CC(C)(C)C)CO2. The van der Waals surface area contributed by atoms with Crippen LogP contribution in [0, 0.1) is 19.3 Å². The summed E-state index contributed by atoms with van der Waals surface area (Å²) < 4.78 is 42.2. The second kappa shape index (κ2) is 14.5. The Bertz CT molecular complexity index is 1990. The molecular weight excluding hydrogens is 667 g/mol. The van der Waals surface area contributed by atoms with Crippen LogP contribution < -0.4 is 14.4 Å². The first-order valence-electron chi connectivity index (χ1n) is 17.4. The molecule has 2 aliphatic rings. The van der Waals surface area contributed by atoms with Crippen LogP contribution >= 0.6 is 0 Å². The molecule has 6 rings (SSSR count). The van der Waals surface area contributed by atoms with Gasteiger partial charge in [0.2, 0.25) is 11.8 Å². The summed E-state index contributed by atoms with van der Waals surface area (Å²) in [7, 11) is -4.19. The van der Waals surface area contributed by atoms with Gasteiger partial charge in [0.1, 0.15) is 12.4 Å². The Morgan fingerprint density at radius 1 is 1.00 bits per heavy atom. The number of rotatable bonds is 7. The molecule has 12 nitrogen and oxygen atoms in total. The first-order chi connectivity index (χ1) is 24.2. The molecule has 2 aromatic heterocycles. The Kier molecular flexibility index (Phi) is 10.3. The Balaban J connectivity index is 1.46. The maximum Gasteiger partial charge on any atom is 0.264 e. The summed E-state index contributed by atoms with van der Waals surface area (Å²) in [6.07, 6.45) is 4.89. The molecule has 1 saturated heterocycles. The van der Waals surface area contributed by atoms with Crippen LogP contribution in [0.15, 0.2) is 65.8 Å². The number of nitrogens with zero attached hydrogens (tertiary/aromatic N) is 6. The molecule has 0 aliphatic carbocycles. The van der Waals surface area contributed by atoms with E-state index in [0.717, 1.165) is 23.1 Å². The highest BCUT2D eigenvalue weighted by Gasteiger charge is 2.33. The van der Waals surface area contributed by atoms with E-state index in [4.69, 9.17) is 14.5 Å². The van der Waals surface area contributed by atoms with E-state index in [1.165, 1.54) is 12.1 Å². The van der Waals surface area contributed by atoms with Gasteiger partial charge in [0.15, 0.2) is 0 Å². The number of hydrogen-bond acceptors (Lipinski definition) is 10. The average molecular weight is 714 g/mol. The van der Waals surface area contributed by atoms with E-state index >= 15 is 0 Å². The van der Waals surface area contributed by atoms with Crippen molar-refractivity contribution in [3.05, 3.63) is 83.3 Å². The summed E-state index contributed by atoms with van der Waals surface area (Å²) in [4.78, 5) is 37.2. The van der Waals surface area contributed by atoms with Crippen molar-refractivity contribution in [2.24, 2.45) is 5.41 Å². The molecule has 1 fully saturated rings. The smallest absolute Gasteiger partial charge is 0.264 e. The highest BCUT2D eigenvalue weighted by atomic mass is 32.2. The number of carbonyl (C=O) groups excluding carboxylic acids is 1. The molecule has 270 valence electrons. The van der Waals surface area contributed by atoms with Gasteiger partial charge in [-0.2, -0.15) is 4.98 Å². The van der Waals surface area contributed by atoms with Crippen LogP contribution in [0.4, 0.5) is 11.8 Å². The molecule has 4 heterocycles. The molecule has 1 N–H and O–H groups in total. The number of sulfonamides is 1. The number of aryl methyl sites for hydroxylation is 2. The van der Waals surface area contributed by atoms with Gasteiger partial charge in [0, 0.05) is 29.8 Å². The number of amides is 1. The van der Waals surface area contributed by atoms with E-state index in [1.54, 1.807) is 35.5 Å². The second-order valence-electron chi connectivity index (χ2n) is 14.9. The van der Waals surface area contributed by atoms with E-state index in [1.807, 2.05) is 32.0 Å². The van der Waals surface area contributed by atoms with Gasteiger partial charge in [-0.1, -0.05) is 45.0 Å². The van der Waals surface area contributed by atoms with Crippen molar-refractivity contribution in [1.29, 1.82) is 0 Å². The highest BCUT2D eigenvalue weighted by Crippen LogP contribution is 2.32. The monoisotopic (exact) mass is 713 g/mol. The van der Waals surface area contributed by atoms with Crippen LogP contribution in [0.5, 0.6) is 5.88 Å². The number of ether oxygens (including phenoxy) is 2. The molecule has 0 radical (unpaired) electrons. The van der Waals surface area contributed by atoms with E-state index < -0.39 is 16.1 Å². The predicted molar refractivity (Wildman–Crippen MR) is 196 cm³/mol. The number of nitrogens with one attached hydrogen (secondary N) is 1. The van der Waals surface area contributed by atoms with Crippen molar-refractivity contribution in [1.82, 2.24) is 24.8 Å². The van der Waals surface area contributed by atoms with Gasteiger partial charge in [-0.15, -0.1) is 0 Å². The van der Waals surface area contributed by atoms with Gasteiger partial charge in [-0.05, 0) is 75.3 Å². The van der Waals surface area contributed by atoms with Gasteiger partial charge < -0.3 is 19.3 Å². The molecule has 0 saturated carbocycles. The molecular formula is C38H47N7O5S.